The minimum Gasteiger partial charge on any atom is -0.350 e. The second-order valence-corrected chi connectivity index (χ2v) is 7.16. The van der Waals surface area contributed by atoms with Crippen LogP contribution in [0.25, 0.3) is 5.65 Å². The standard InChI is InChI=1S/C21H22N4O2/c1-14-3-5-18(6-4-14)25-12-16(10-20(25)26)21(27)22-11-17-13-24-8-7-15(2)9-19(24)23-17/h3-9,13,16H,10-12H2,1-2H3,(H,22,27). The summed E-state index contributed by atoms with van der Waals surface area (Å²) in [6, 6.07) is 11.8. The third-order valence-corrected chi connectivity index (χ3v) is 4.95. The summed E-state index contributed by atoms with van der Waals surface area (Å²) in [5.74, 6) is -0.452. The van der Waals surface area contributed by atoms with E-state index in [4.69, 9.17) is 0 Å². The molecule has 0 spiro atoms. The molecule has 0 aliphatic carbocycles. The van der Waals surface area contributed by atoms with Crippen molar-refractivity contribution in [2.45, 2.75) is 26.8 Å². The van der Waals surface area contributed by atoms with Crippen LogP contribution < -0.4 is 10.2 Å². The molecular formula is C21H22N4O2. The Labute approximate surface area is 157 Å². The number of anilines is 1. The molecule has 1 N–H and O–H groups in total. The van der Waals surface area contributed by atoms with Crippen LogP contribution in [0, 0.1) is 19.8 Å². The van der Waals surface area contributed by atoms with Gasteiger partial charge in [0.1, 0.15) is 5.65 Å². The molecule has 0 bridgehead atoms. The molecule has 6 nitrogen and oxygen atoms in total. The highest BCUT2D eigenvalue weighted by molar-refractivity contribution is 6.00. The van der Waals surface area contributed by atoms with Crippen LogP contribution >= 0.6 is 0 Å². The molecule has 1 aliphatic heterocycles. The second kappa shape index (κ2) is 6.87. The second-order valence-electron chi connectivity index (χ2n) is 7.16. The van der Waals surface area contributed by atoms with Crippen molar-refractivity contribution >= 4 is 23.1 Å². The lowest BCUT2D eigenvalue weighted by Crippen LogP contribution is -2.32. The number of hydrogen-bond acceptors (Lipinski definition) is 3. The number of hydrogen-bond donors (Lipinski definition) is 1. The topological polar surface area (TPSA) is 66.7 Å². The van der Waals surface area contributed by atoms with E-state index in [1.165, 1.54) is 0 Å². The van der Waals surface area contributed by atoms with E-state index in [1.54, 1.807) is 4.90 Å². The highest BCUT2D eigenvalue weighted by Crippen LogP contribution is 2.25. The average Bonchev–Trinajstić information content (AvgIpc) is 3.23. The number of rotatable bonds is 4. The Hall–Kier alpha value is -3.15. The number of aromatic nitrogens is 2. The Kier molecular flexibility index (Phi) is 4.39. The van der Waals surface area contributed by atoms with Crippen LogP contribution in [0.5, 0.6) is 0 Å². The fraction of sp³-hybridized carbons (Fsp3) is 0.286. The van der Waals surface area contributed by atoms with Crippen molar-refractivity contribution in [2.24, 2.45) is 5.92 Å². The third-order valence-electron chi connectivity index (χ3n) is 4.95. The maximum Gasteiger partial charge on any atom is 0.227 e. The lowest BCUT2D eigenvalue weighted by molar-refractivity contribution is -0.126. The van der Waals surface area contributed by atoms with Gasteiger partial charge in [-0.25, -0.2) is 4.98 Å². The largest absolute Gasteiger partial charge is 0.350 e. The van der Waals surface area contributed by atoms with Crippen LogP contribution in [0.2, 0.25) is 0 Å². The third kappa shape index (κ3) is 3.56. The lowest BCUT2D eigenvalue weighted by atomic mass is 10.1. The normalized spacial score (nSPS) is 16.9. The van der Waals surface area contributed by atoms with E-state index in [0.29, 0.717) is 13.1 Å². The lowest BCUT2D eigenvalue weighted by Gasteiger charge is -2.16. The van der Waals surface area contributed by atoms with Crippen molar-refractivity contribution in [3.63, 3.8) is 0 Å². The Morgan fingerprint density at radius 3 is 2.74 bits per heavy atom. The molecule has 1 fully saturated rings. The SMILES string of the molecule is Cc1ccc(N2CC(C(=O)NCc3cn4ccc(C)cc4n3)CC2=O)cc1. The predicted molar refractivity (Wildman–Crippen MR) is 103 cm³/mol. The summed E-state index contributed by atoms with van der Waals surface area (Å²) < 4.78 is 1.94. The minimum atomic E-state index is -0.335. The summed E-state index contributed by atoms with van der Waals surface area (Å²) >= 11 is 0. The van der Waals surface area contributed by atoms with Gasteiger partial charge in [-0.1, -0.05) is 17.7 Å². The number of aryl methyl sites for hydroxylation is 2. The van der Waals surface area contributed by atoms with E-state index >= 15 is 0 Å². The van der Waals surface area contributed by atoms with Crippen molar-refractivity contribution in [1.82, 2.24) is 14.7 Å². The zero-order chi connectivity index (χ0) is 19.0. The molecule has 0 radical (unpaired) electrons. The fourth-order valence-corrected chi connectivity index (χ4v) is 3.40. The van der Waals surface area contributed by atoms with E-state index in [0.717, 1.165) is 28.2 Å². The van der Waals surface area contributed by atoms with Crippen molar-refractivity contribution in [2.75, 3.05) is 11.4 Å². The number of fused-ring (bicyclic) bond motifs is 1. The molecule has 3 heterocycles. The molecule has 0 saturated carbocycles. The zero-order valence-electron chi connectivity index (χ0n) is 15.5. The number of imidazole rings is 1. The number of pyridine rings is 1. The van der Waals surface area contributed by atoms with E-state index in [-0.39, 0.29) is 24.2 Å². The number of carbonyl (C=O) groups is 2. The molecule has 1 atom stereocenters. The van der Waals surface area contributed by atoms with Gasteiger partial charge >= 0.3 is 0 Å². The maximum absolute atomic E-state index is 12.5. The summed E-state index contributed by atoms with van der Waals surface area (Å²) in [6.45, 7) is 4.80. The minimum absolute atomic E-state index is 0.0118. The highest BCUT2D eigenvalue weighted by Gasteiger charge is 2.35. The van der Waals surface area contributed by atoms with Gasteiger partial charge in [0.25, 0.3) is 0 Å². The number of amides is 2. The van der Waals surface area contributed by atoms with Gasteiger partial charge in [-0.3, -0.25) is 9.59 Å². The first-order valence-corrected chi connectivity index (χ1v) is 9.08. The van der Waals surface area contributed by atoms with Gasteiger partial charge < -0.3 is 14.6 Å². The maximum atomic E-state index is 12.5. The zero-order valence-corrected chi connectivity index (χ0v) is 15.5. The Bertz CT molecular complexity index is 1010. The summed E-state index contributed by atoms with van der Waals surface area (Å²) in [7, 11) is 0. The van der Waals surface area contributed by atoms with Crippen molar-refractivity contribution in [3.05, 3.63) is 65.6 Å². The molecule has 1 unspecified atom stereocenters. The molecule has 2 amide bonds. The molecule has 1 aromatic carbocycles. The predicted octanol–water partition coefficient (Wildman–Crippen LogP) is 2.62. The molecular weight excluding hydrogens is 340 g/mol. The van der Waals surface area contributed by atoms with Crippen LogP contribution in [-0.4, -0.2) is 27.7 Å². The molecule has 1 saturated heterocycles. The molecule has 2 aromatic heterocycles. The van der Waals surface area contributed by atoms with Crippen LogP contribution in [0.15, 0.2) is 48.8 Å². The van der Waals surface area contributed by atoms with Crippen LogP contribution in [0.3, 0.4) is 0 Å². The van der Waals surface area contributed by atoms with E-state index in [1.807, 2.05) is 67.0 Å². The summed E-state index contributed by atoms with van der Waals surface area (Å²) in [5.41, 5.74) is 4.79. The Morgan fingerprint density at radius 1 is 1.19 bits per heavy atom. The Balaban J connectivity index is 1.39. The van der Waals surface area contributed by atoms with Gasteiger partial charge in [0.2, 0.25) is 11.8 Å². The van der Waals surface area contributed by atoms with Crippen LogP contribution in [0.1, 0.15) is 23.2 Å². The van der Waals surface area contributed by atoms with Crippen molar-refractivity contribution in [1.29, 1.82) is 0 Å². The van der Waals surface area contributed by atoms with E-state index in [2.05, 4.69) is 10.3 Å². The first-order chi connectivity index (χ1) is 13.0. The molecule has 6 heteroatoms. The summed E-state index contributed by atoms with van der Waals surface area (Å²) in [6.07, 6.45) is 4.11. The average molecular weight is 362 g/mol. The fourth-order valence-electron chi connectivity index (χ4n) is 3.40. The first kappa shape index (κ1) is 17.3. The molecule has 4 rings (SSSR count). The van der Waals surface area contributed by atoms with Crippen molar-refractivity contribution in [3.8, 4) is 0 Å². The van der Waals surface area contributed by atoms with E-state index in [9.17, 15) is 9.59 Å². The highest BCUT2D eigenvalue weighted by atomic mass is 16.2. The van der Waals surface area contributed by atoms with E-state index < -0.39 is 0 Å². The van der Waals surface area contributed by atoms with Gasteiger partial charge in [0.05, 0.1) is 18.2 Å². The molecule has 27 heavy (non-hydrogen) atoms. The summed E-state index contributed by atoms with van der Waals surface area (Å²) in [5, 5.41) is 2.92. The number of nitrogens with one attached hydrogen (secondary N) is 1. The smallest absolute Gasteiger partial charge is 0.227 e. The van der Waals surface area contributed by atoms with Gasteiger partial charge in [-0.15, -0.1) is 0 Å². The number of carbonyl (C=O) groups excluding carboxylic acids is 2. The monoisotopic (exact) mass is 362 g/mol. The molecule has 3 aromatic rings. The molecule has 1 aliphatic rings. The summed E-state index contributed by atoms with van der Waals surface area (Å²) in [4.78, 5) is 31.1. The van der Waals surface area contributed by atoms with Gasteiger partial charge in [0, 0.05) is 31.0 Å². The van der Waals surface area contributed by atoms with Crippen LogP contribution in [0.4, 0.5) is 5.69 Å². The van der Waals surface area contributed by atoms with Gasteiger partial charge in [-0.05, 0) is 43.7 Å². The number of benzene rings is 1. The first-order valence-electron chi connectivity index (χ1n) is 9.08. The number of nitrogens with zero attached hydrogens (tertiary/aromatic N) is 3. The quantitative estimate of drug-likeness (QED) is 0.776. The molecule has 138 valence electrons. The van der Waals surface area contributed by atoms with Crippen LogP contribution in [-0.2, 0) is 16.1 Å². The Morgan fingerprint density at radius 2 is 1.96 bits per heavy atom. The van der Waals surface area contributed by atoms with Gasteiger partial charge in [-0.2, -0.15) is 0 Å². The van der Waals surface area contributed by atoms with Gasteiger partial charge in [0.15, 0.2) is 0 Å². The van der Waals surface area contributed by atoms with Crippen molar-refractivity contribution < 1.29 is 9.59 Å².